The monoisotopic (exact) mass is 251 g/mol. The number of anilines is 1. The fraction of sp³-hybridized carbons (Fsp3) is 0.417. The molecule has 0 saturated carbocycles. The van der Waals surface area contributed by atoms with Crippen molar-refractivity contribution in [3.8, 4) is 0 Å². The van der Waals surface area contributed by atoms with E-state index >= 15 is 0 Å². The number of amides is 1. The van der Waals surface area contributed by atoms with E-state index in [0.29, 0.717) is 11.3 Å². The topological polar surface area (TPSA) is 98.3 Å². The average Bonchev–Trinajstić information content (AvgIpc) is 2.30. The smallest absolute Gasteiger partial charge is 0.269 e. The molecule has 98 valence electrons. The van der Waals surface area contributed by atoms with Crippen LogP contribution in [0.4, 0.5) is 11.4 Å². The van der Waals surface area contributed by atoms with Gasteiger partial charge in [0.15, 0.2) is 0 Å². The van der Waals surface area contributed by atoms with Gasteiger partial charge in [-0.3, -0.25) is 14.9 Å². The molecule has 0 aliphatic heterocycles. The highest BCUT2D eigenvalue weighted by molar-refractivity contribution is 5.95. The molecule has 0 bridgehead atoms. The standard InChI is InChI=1S/C12H17N3O3/c1-7(2)11(13)12(16)14-10-5-4-9(15(17)18)6-8(10)3/h4-7,11H,13H2,1-3H3,(H,14,16)/t11-/m0/s1. The Bertz CT molecular complexity index is 472. The molecule has 1 amide bonds. The zero-order valence-electron chi connectivity index (χ0n) is 10.6. The van der Waals surface area contributed by atoms with Crippen LogP contribution in [0, 0.1) is 23.0 Å². The molecule has 1 aromatic rings. The van der Waals surface area contributed by atoms with Crippen molar-refractivity contribution in [3.63, 3.8) is 0 Å². The summed E-state index contributed by atoms with van der Waals surface area (Å²) in [4.78, 5) is 21.9. The molecule has 1 rings (SSSR count). The number of carbonyl (C=O) groups is 1. The first-order valence-electron chi connectivity index (χ1n) is 5.64. The zero-order chi connectivity index (χ0) is 13.9. The first-order valence-corrected chi connectivity index (χ1v) is 5.64. The number of carbonyl (C=O) groups excluding carboxylic acids is 1. The van der Waals surface area contributed by atoms with Gasteiger partial charge in [0.1, 0.15) is 0 Å². The third-order valence-corrected chi connectivity index (χ3v) is 2.70. The minimum atomic E-state index is -0.598. The molecule has 1 atom stereocenters. The molecule has 0 unspecified atom stereocenters. The third kappa shape index (κ3) is 3.27. The second-order valence-electron chi connectivity index (χ2n) is 4.52. The molecule has 1 aromatic carbocycles. The molecule has 0 fully saturated rings. The number of nitrogens with zero attached hydrogens (tertiary/aromatic N) is 1. The van der Waals surface area contributed by atoms with Gasteiger partial charge in [-0.05, 0) is 24.5 Å². The van der Waals surface area contributed by atoms with Crippen LogP contribution in [0.1, 0.15) is 19.4 Å². The van der Waals surface area contributed by atoms with Crippen molar-refractivity contribution in [3.05, 3.63) is 33.9 Å². The predicted molar refractivity (Wildman–Crippen MR) is 69.3 cm³/mol. The maximum absolute atomic E-state index is 11.8. The summed E-state index contributed by atoms with van der Waals surface area (Å²) < 4.78 is 0. The number of nitro benzene ring substituents is 1. The second-order valence-corrected chi connectivity index (χ2v) is 4.52. The number of rotatable bonds is 4. The number of non-ortho nitro benzene ring substituents is 1. The van der Waals surface area contributed by atoms with E-state index in [1.54, 1.807) is 6.92 Å². The van der Waals surface area contributed by atoms with Gasteiger partial charge in [-0.2, -0.15) is 0 Å². The molecule has 0 aromatic heterocycles. The van der Waals surface area contributed by atoms with Crippen LogP contribution in [0.3, 0.4) is 0 Å². The lowest BCUT2D eigenvalue weighted by Crippen LogP contribution is -2.39. The van der Waals surface area contributed by atoms with Gasteiger partial charge in [-0.15, -0.1) is 0 Å². The van der Waals surface area contributed by atoms with E-state index in [2.05, 4.69) is 5.32 Å². The number of hydrogen-bond acceptors (Lipinski definition) is 4. The molecule has 6 nitrogen and oxygen atoms in total. The molecule has 6 heteroatoms. The summed E-state index contributed by atoms with van der Waals surface area (Å²) >= 11 is 0. The van der Waals surface area contributed by atoms with Gasteiger partial charge in [-0.1, -0.05) is 13.8 Å². The summed E-state index contributed by atoms with van der Waals surface area (Å²) in [5.41, 5.74) is 6.89. The van der Waals surface area contributed by atoms with Gasteiger partial charge in [0, 0.05) is 17.8 Å². The summed E-state index contributed by atoms with van der Waals surface area (Å²) in [5, 5.41) is 13.3. The van der Waals surface area contributed by atoms with Gasteiger partial charge < -0.3 is 11.1 Å². The summed E-state index contributed by atoms with van der Waals surface area (Å²) in [5.74, 6) is -0.259. The Morgan fingerprint density at radius 1 is 1.44 bits per heavy atom. The number of aryl methyl sites for hydroxylation is 1. The van der Waals surface area contributed by atoms with Crippen LogP contribution < -0.4 is 11.1 Å². The molecule has 3 N–H and O–H groups in total. The number of hydrogen-bond donors (Lipinski definition) is 2. The fourth-order valence-corrected chi connectivity index (χ4v) is 1.42. The average molecular weight is 251 g/mol. The lowest BCUT2D eigenvalue weighted by atomic mass is 10.0. The minimum absolute atomic E-state index is 0.00124. The highest BCUT2D eigenvalue weighted by atomic mass is 16.6. The molecule has 0 heterocycles. The maximum Gasteiger partial charge on any atom is 0.269 e. The van der Waals surface area contributed by atoms with Crippen molar-refractivity contribution >= 4 is 17.3 Å². The van der Waals surface area contributed by atoms with Crippen LogP contribution in [0.25, 0.3) is 0 Å². The van der Waals surface area contributed by atoms with E-state index in [-0.39, 0.29) is 17.5 Å². The van der Waals surface area contributed by atoms with Gasteiger partial charge in [0.25, 0.3) is 5.69 Å². The summed E-state index contributed by atoms with van der Waals surface area (Å²) in [7, 11) is 0. The lowest BCUT2D eigenvalue weighted by Gasteiger charge is -2.16. The SMILES string of the molecule is Cc1cc([N+](=O)[O-])ccc1NC(=O)[C@@H](N)C(C)C. The summed E-state index contributed by atoms with van der Waals surface area (Å²) in [6.07, 6.45) is 0. The number of nitrogens with one attached hydrogen (secondary N) is 1. The Labute approximate surface area is 105 Å². The van der Waals surface area contributed by atoms with Crippen molar-refractivity contribution in [2.75, 3.05) is 5.32 Å². The minimum Gasteiger partial charge on any atom is -0.324 e. The Morgan fingerprint density at radius 3 is 2.50 bits per heavy atom. The Morgan fingerprint density at radius 2 is 2.06 bits per heavy atom. The van der Waals surface area contributed by atoms with Crippen LogP contribution in [0.5, 0.6) is 0 Å². The van der Waals surface area contributed by atoms with E-state index in [9.17, 15) is 14.9 Å². The normalized spacial score (nSPS) is 12.3. The maximum atomic E-state index is 11.8. The predicted octanol–water partition coefficient (Wildman–Crippen LogP) is 1.83. The van der Waals surface area contributed by atoms with Crippen molar-refractivity contribution in [2.45, 2.75) is 26.8 Å². The van der Waals surface area contributed by atoms with Crippen molar-refractivity contribution < 1.29 is 9.72 Å². The van der Waals surface area contributed by atoms with Crippen molar-refractivity contribution in [1.29, 1.82) is 0 Å². The van der Waals surface area contributed by atoms with Crippen LogP contribution in [-0.4, -0.2) is 16.9 Å². The van der Waals surface area contributed by atoms with E-state index in [1.807, 2.05) is 13.8 Å². The number of nitrogens with two attached hydrogens (primary N) is 1. The number of benzene rings is 1. The highest BCUT2D eigenvalue weighted by Gasteiger charge is 2.18. The molecule has 0 spiro atoms. The molecule has 18 heavy (non-hydrogen) atoms. The fourth-order valence-electron chi connectivity index (χ4n) is 1.42. The Hall–Kier alpha value is -1.95. The third-order valence-electron chi connectivity index (χ3n) is 2.70. The number of nitro groups is 1. The van der Waals surface area contributed by atoms with E-state index in [1.165, 1.54) is 18.2 Å². The zero-order valence-corrected chi connectivity index (χ0v) is 10.6. The summed E-state index contributed by atoms with van der Waals surface area (Å²) in [6, 6.07) is 3.68. The molecule has 0 aliphatic carbocycles. The Kier molecular flexibility index (Phi) is 4.38. The van der Waals surface area contributed by atoms with E-state index < -0.39 is 11.0 Å². The van der Waals surface area contributed by atoms with Crippen LogP contribution >= 0.6 is 0 Å². The molecular weight excluding hydrogens is 234 g/mol. The van der Waals surface area contributed by atoms with Crippen LogP contribution in [0.2, 0.25) is 0 Å². The second kappa shape index (κ2) is 5.59. The quantitative estimate of drug-likeness (QED) is 0.630. The van der Waals surface area contributed by atoms with Crippen LogP contribution in [0.15, 0.2) is 18.2 Å². The molecule has 0 aliphatic rings. The first-order chi connectivity index (χ1) is 8.32. The Balaban J connectivity index is 2.86. The first kappa shape index (κ1) is 14.1. The highest BCUT2D eigenvalue weighted by Crippen LogP contribution is 2.21. The van der Waals surface area contributed by atoms with Crippen molar-refractivity contribution in [2.24, 2.45) is 11.7 Å². The summed E-state index contributed by atoms with van der Waals surface area (Å²) in [6.45, 7) is 5.41. The molecular formula is C12H17N3O3. The largest absolute Gasteiger partial charge is 0.324 e. The van der Waals surface area contributed by atoms with Crippen molar-refractivity contribution in [1.82, 2.24) is 0 Å². The van der Waals surface area contributed by atoms with Gasteiger partial charge >= 0.3 is 0 Å². The van der Waals surface area contributed by atoms with E-state index in [0.717, 1.165) is 0 Å². The lowest BCUT2D eigenvalue weighted by molar-refractivity contribution is -0.384. The van der Waals surface area contributed by atoms with Gasteiger partial charge in [-0.25, -0.2) is 0 Å². The van der Waals surface area contributed by atoms with Crippen LogP contribution in [-0.2, 0) is 4.79 Å². The molecule has 0 radical (unpaired) electrons. The molecule has 0 saturated heterocycles. The van der Waals surface area contributed by atoms with Gasteiger partial charge in [0.2, 0.25) is 5.91 Å². The van der Waals surface area contributed by atoms with Gasteiger partial charge in [0.05, 0.1) is 11.0 Å². The van der Waals surface area contributed by atoms with E-state index in [4.69, 9.17) is 5.73 Å².